The molecule has 2 aromatic carbocycles. The van der Waals surface area contributed by atoms with Gasteiger partial charge in [-0.05, 0) is 37.1 Å². The van der Waals surface area contributed by atoms with E-state index in [-0.39, 0.29) is 18.0 Å². The number of hydrogen-bond acceptors (Lipinski definition) is 2. The molecule has 0 bridgehead atoms. The predicted octanol–water partition coefficient (Wildman–Crippen LogP) is 3.26. The highest BCUT2D eigenvalue weighted by Crippen LogP contribution is 2.33. The van der Waals surface area contributed by atoms with E-state index in [2.05, 4.69) is 0 Å². The second-order valence-corrected chi connectivity index (χ2v) is 5.82. The maximum absolute atomic E-state index is 12.9. The number of nitrogens with zero attached hydrogens (tertiary/aromatic N) is 1. The lowest BCUT2D eigenvalue weighted by Crippen LogP contribution is -2.53. The summed E-state index contributed by atoms with van der Waals surface area (Å²) in [7, 11) is 0. The third-order valence-electron chi connectivity index (χ3n) is 3.93. The van der Waals surface area contributed by atoms with Crippen LogP contribution >= 0.6 is 11.6 Å². The number of benzene rings is 2. The molecule has 0 fully saturated rings. The van der Waals surface area contributed by atoms with Crippen LogP contribution in [0.4, 0.5) is 5.69 Å². The number of fused-ring (bicyclic) bond motifs is 1. The van der Waals surface area contributed by atoms with Crippen LogP contribution < -0.4 is 10.6 Å². The van der Waals surface area contributed by atoms with Gasteiger partial charge >= 0.3 is 0 Å². The van der Waals surface area contributed by atoms with Gasteiger partial charge in [0.2, 0.25) is 0 Å². The standard InChI is InChI=1S/C17H17ClN2O/c1-11(19)15-10-12-6-5-9-14(18)16(12)17(21)20(15)13-7-3-2-4-8-13/h2-9,11,15H,10,19H2,1H3/t11-,15?/m0/s1. The molecule has 0 radical (unpaired) electrons. The zero-order chi connectivity index (χ0) is 15.0. The SMILES string of the molecule is C[C@H](N)C1Cc2cccc(Cl)c2C(=O)N1c1ccccc1. The summed E-state index contributed by atoms with van der Waals surface area (Å²) < 4.78 is 0. The van der Waals surface area contributed by atoms with Gasteiger partial charge in [0.05, 0.1) is 16.6 Å². The van der Waals surface area contributed by atoms with Crippen molar-refractivity contribution in [2.24, 2.45) is 5.73 Å². The number of amides is 1. The molecule has 3 rings (SSSR count). The van der Waals surface area contributed by atoms with Crippen LogP contribution in [0.3, 0.4) is 0 Å². The zero-order valence-corrected chi connectivity index (χ0v) is 12.5. The molecule has 2 aromatic rings. The Kier molecular flexibility index (Phi) is 3.70. The smallest absolute Gasteiger partial charge is 0.260 e. The normalized spacial score (nSPS) is 19.3. The molecule has 0 spiro atoms. The minimum Gasteiger partial charge on any atom is -0.326 e. The first-order chi connectivity index (χ1) is 10.1. The highest BCUT2D eigenvalue weighted by atomic mass is 35.5. The summed E-state index contributed by atoms with van der Waals surface area (Å²) in [4.78, 5) is 14.7. The van der Waals surface area contributed by atoms with Gasteiger partial charge in [-0.1, -0.05) is 41.9 Å². The van der Waals surface area contributed by atoms with E-state index in [9.17, 15) is 4.79 Å². The number of halogens is 1. The molecule has 0 aromatic heterocycles. The summed E-state index contributed by atoms with van der Waals surface area (Å²) in [5.41, 5.74) is 8.55. The van der Waals surface area contributed by atoms with Crippen molar-refractivity contribution >= 4 is 23.2 Å². The Morgan fingerprint density at radius 1 is 1.19 bits per heavy atom. The summed E-state index contributed by atoms with van der Waals surface area (Å²) in [6, 6.07) is 15.0. The van der Waals surface area contributed by atoms with Gasteiger partial charge in [0, 0.05) is 11.7 Å². The maximum atomic E-state index is 12.9. The lowest BCUT2D eigenvalue weighted by molar-refractivity contribution is 0.0963. The van der Waals surface area contributed by atoms with E-state index in [0.29, 0.717) is 17.0 Å². The fourth-order valence-corrected chi connectivity index (χ4v) is 3.16. The van der Waals surface area contributed by atoms with Crippen molar-refractivity contribution in [2.75, 3.05) is 4.90 Å². The van der Waals surface area contributed by atoms with Crippen LogP contribution in [0.1, 0.15) is 22.8 Å². The van der Waals surface area contributed by atoms with Crippen LogP contribution in [0.2, 0.25) is 5.02 Å². The van der Waals surface area contributed by atoms with Crippen molar-refractivity contribution in [2.45, 2.75) is 25.4 Å². The van der Waals surface area contributed by atoms with Crippen molar-refractivity contribution < 1.29 is 4.79 Å². The maximum Gasteiger partial charge on any atom is 0.260 e. The van der Waals surface area contributed by atoms with E-state index in [4.69, 9.17) is 17.3 Å². The van der Waals surface area contributed by atoms with E-state index in [1.165, 1.54) is 0 Å². The Balaban J connectivity index is 2.14. The quantitative estimate of drug-likeness (QED) is 0.925. The number of hydrogen-bond donors (Lipinski definition) is 1. The Hall–Kier alpha value is -1.84. The largest absolute Gasteiger partial charge is 0.326 e. The molecule has 1 heterocycles. The summed E-state index contributed by atoms with van der Waals surface area (Å²) in [6.45, 7) is 1.93. The number of carbonyl (C=O) groups is 1. The fourth-order valence-electron chi connectivity index (χ4n) is 2.88. The molecule has 4 heteroatoms. The zero-order valence-electron chi connectivity index (χ0n) is 11.8. The highest BCUT2D eigenvalue weighted by molar-refractivity contribution is 6.35. The minimum atomic E-state index is -0.124. The van der Waals surface area contributed by atoms with Crippen LogP contribution in [-0.2, 0) is 6.42 Å². The van der Waals surface area contributed by atoms with E-state index in [1.54, 1.807) is 11.0 Å². The number of carbonyl (C=O) groups excluding carboxylic acids is 1. The molecule has 0 saturated carbocycles. The van der Waals surface area contributed by atoms with E-state index in [0.717, 1.165) is 11.3 Å². The molecule has 1 amide bonds. The fraction of sp³-hybridized carbons (Fsp3) is 0.235. The lowest BCUT2D eigenvalue weighted by Gasteiger charge is -2.39. The highest BCUT2D eigenvalue weighted by Gasteiger charge is 2.36. The Morgan fingerprint density at radius 2 is 1.90 bits per heavy atom. The molecule has 1 unspecified atom stereocenters. The Labute approximate surface area is 129 Å². The summed E-state index contributed by atoms with van der Waals surface area (Å²) in [6.07, 6.45) is 0.716. The molecular weight excluding hydrogens is 284 g/mol. The molecule has 1 aliphatic heterocycles. The van der Waals surface area contributed by atoms with Crippen molar-refractivity contribution in [1.82, 2.24) is 0 Å². The van der Waals surface area contributed by atoms with Gasteiger partial charge in [0.1, 0.15) is 0 Å². The van der Waals surface area contributed by atoms with Crippen LogP contribution in [0.15, 0.2) is 48.5 Å². The molecule has 3 nitrogen and oxygen atoms in total. The van der Waals surface area contributed by atoms with Crippen molar-refractivity contribution in [1.29, 1.82) is 0 Å². The molecule has 1 aliphatic rings. The molecule has 2 N–H and O–H groups in total. The van der Waals surface area contributed by atoms with Gasteiger partial charge in [-0.2, -0.15) is 0 Å². The predicted molar refractivity (Wildman–Crippen MR) is 85.8 cm³/mol. The molecule has 0 aliphatic carbocycles. The monoisotopic (exact) mass is 300 g/mol. The van der Waals surface area contributed by atoms with Crippen LogP contribution in [0.25, 0.3) is 0 Å². The second-order valence-electron chi connectivity index (χ2n) is 5.42. The van der Waals surface area contributed by atoms with Gasteiger partial charge in [-0.3, -0.25) is 4.79 Å². The lowest BCUT2D eigenvalue weighted by atomic mass is 9.89. The van der Waals surface area contributed by atoms with Gasteiger partial charge in [0.25, 0.3) is 5.91 Å². The third kappa shape index (κ3) is 2.43. The second kappa shape index (κ2) is 5.51. The molecular formula is C17H17ClN2O. The number of para-hydroxylation sites is 1. The summed E-state index contributed by atoms with van der Waals surface area (Å²) in [5.74, 6) is -0.0737. The minimum absolute atomic E-state index is 0.0640. The molecule has 0 saturated heterocycles. The third-order valence-corrected chi connectivity index (χ3v) is 4.25. The number of rotatable bonds is 2. The van der Waals surface area contributed by atoms with Gasteiger partial charge in [0.15, 0.2) is 0 Å². The average molecular weight is 301 g/mol. The van der Waals surface area contributed by atoms with Crippen molar-refractivity contribution in [3.8, 4) is 0 Å². The van der Waals surface area contributed by atoms with E-state index >= 15 is 0 Å². The Morgan fingerprint density at radius 3 is 2.57 bits per heavy atom. The van der Waals surface area contributed by atoms with Crippen LogP contribution in [0, 0.1) is 0 Å². The topological polar surface area (TPSA) is 46.3 Å². The van der Waals surface area contributed by atoms with E-state index < -0.39 is 0 Å². The molecule has 2 atom stereocenters. The number of nitrogens with two attached hydrogens (primary N) is 1. The van der Waals surface area contributed by atoms with Gasteiger partial charge in [-0.25, -0.2) is 0 Å². The summed E-state index contributed by atoms with van der Waals surface area (Å²) >= 11 is 6.24. The van der Waals surface area contributed by atoms with Crippen LogP contribution in [-0.4, -0.2) is 18.0 Å². The first-order valence-corrected chi connectivity index (χ1v) is 7.39. The first-order valence-electron chi connectivity index (χ1n) is 7.01. The van der Waals surface area contributed by atoms with Crippen molar-refractivity contribution in [3.05, 3.63) is 64.7 Å². The Bertz CT molecular complexity index is 670. The van der Waals surface area contributed by atoms with E-state index in [1.807, 2.05) is 49.4 Å². The average Bonchev–Trinajstić information content (AvgIpc) is 2.47. The van der Waals surface area contributed by atoms with Gasteiger partial charge in [-0.15, -0.1) is 0 Å². The molecule has 21 heavy (non-hydrogen) atoms. The molecule has 108 valence electrons. The van der Waals surface area contributed by atoms with Crippen molar-refractivity contribution in [3.63, 3.8) is 0 Å². The summed E-state index contributed by atoms with van der Waals surface area (Å²) in [5, 5.41) is 0.501. The van der Waals surface area contributed by atoms with Crippen LogP contribution in [0.5, 0.6) is 0 Å². The first kappa shape index (κ1) is 14.1. The number of anilines is 1. The van der Waals surface area contributed by atoms with Gasteiger partial charge < -0.3 is 10.6 Å².